The summed E-state index contributed by atoms with van der Waals surface area (Å²) < 4.78 is 5.52. The first kappa shape index (κ1) is 16.0. The second kappa shape index (κ2) is 6.89. The summed E-state index contributed by atoms with van der Waals surface area (Å²) >= 11 is 0. The van der Waals surface area contributed by atoms with Gasteiger partial charge in [0.2, 0.25) is 5.91 Å². The molecule has 4 nitrogen and oxygen atoms in total. The topological polar surface area (TPSA) is 55.6 Å². The van der Waals surface area contributed by atoms with Crippen molar-refractivity contribution in [3.05, 3.63) is 35.9 Å². The van der Waals surface area contributed by atoms with E-state index in [-0.39, 0.29) is 30.5 Å². The van der Waals surface area contributed by atoms with Gasteiger partial charge in [-0.3, -0.25) is 4.79 Å². The Morgan fingerprint density at radius 1 is 1.37 bits per heavy atom. The van der Waals surface area contributed by atoms with Gasteiger partial charge in [-0.15, -0.1) is 12.4 Å². The van der Waals surface area contributed by atoms with Crippen molar-refractivity contribution in [2.75, 3.05) is 13.2 Å². The number of morpholine rings is 1. The fraction of sp³-hybridized carbons (Fsp3) is 0.500. The smallest absolute Gasteiger partial charge is 0.244 e. The Bertz CT molecular complexity index is 413. The highest BCUT2D eigenvalue weighted by Gasteiger charge is 2.32. The lowest BCUT2D eigenvalue weighted by Crippen LogP contribution is -2.53. The molecule has 0 radical (unpaired) electrons. The quantitative estimate of drug-likeness (QED) is 0.900. The lowest BCUT2D eigenvalue weighted by atomic mass is 10.0. The Hall–Kier alpha value is -1.10. The lowest BCUT2D eigenvalue weighted by molar-refractivity contribution is -0.145. The maximum absolute atomic E-state index is 12.4. The van der Waals surface area contributed by atoms with Gasteiger partial charge in [0.15, 0.2) is 0 Å². The molecule has 19 heavy (non-hydrogen) atoms. The van der Waals surface area contributed by atoms with E-state index >= 15 is 0 Å². The number of hydrogen-bond acceptors (Lipinski definition) is 3. The van der Waals surface area contributed by atoms with Crippen LogP contribution in [0.5, 0.6) is 0 Å². The van der Waals surface area contributed by atoms with Crippen LogP contribution >= 0.6 is 12.4 Å². The molecule has 1 aromatic carbocycles. The highest BCUT2D eigenvalue weighted by Crippen LogP contribution is 2.19. The normalized spacial score (nSPS) is 24.5. The minimum atomic E-state index is -0.584. The average molecular weight is 285 g/mol. The Balaban J connectivity index is 0.00000180. The summed E-state index contributed by atoms with van der Waals surface area (Å²) in [7, 11) is 0. The number of carbonyl (C=O) groups excluding carboxylic acids is 1. The number of amides is 1. The molecule has 1 fully saturated rings. The van der Waals surface area contributed by atoms with E-state index in [9.17, 15) is 4.79 Å². The van der Waals surface area contributed by atoms with Crippen LogP contribution in [-0.2, 0) is 9.53 Å². The van der Waals surface area contributed by atoms with E-state index in [1.165, 1.54) is 0 Å². The zero-order valence-corrected chi connectivity index (χ0v) is 12.1. The fourth-order valence-electron chi connectivity index (χ4n) is 2.23. The molecule has 2 N–H and O–H groups in total. The van der Waals surface area contributed by atoms with Crippen LogP contribution in [0, 0.1) is 0 Å². The summed E-state index contributed by atoms with van der Waals surface area (Å²) in [5, 5.41) is 0. The molecule has 0 bridgehead atoms. The van der Waals surface area contributed by atoms with Crippen LogP contribution in [0.1, 0.15) is 25.5 Å². The van der Waals surface area contributed by atoms with Crippen molar-refractivity contribution in [3.8, 4) is 0 Å². The standard InChI is InChI=1S/C14H20N2O2.ClH/c1-10-11(2)18-9-8-16(10)14(17)13(15)12-6-4-3-5-7-12;/h3-7,10-11,13H,8-9,15H2,1-2H3;1H. The predicted octanol–water partition coefficient (Wildman–Crippen LogP) is 1.74. The lowest BCUT2D eigenvalue weighted by Gasteiger charge is -2.39. The van der Waals surface area contributed by atoms with Crippen LogP contribution in [-0.4, -0.2) is 36.1 Å². The second-order valence-electron chi connectivity index (χ2n) is 4.74. The Kier molecular flexibility index (Phi) is 5.79. The van der Waals surface area contributed by atoms with Gasteiger partial charge in [0.25, 0.3) is 0 Å². The number of rotatable bonds is 2. The molecule has 0 saturated carbocycles. The fourth-order valence-corrected chi connectivity index (χ4v) is 2.23. The molecule has 2 rings (SSSR count). The molecule has 5 heteroatoms. The number of halogens is 1. The molecular formula is C14H21ClN2O2. The number of nitrogens with zero attached hydrogens (tertiary/aromatic N) is 1. The third kappa shape index (κ3) is 3.47. The minimum absolute atomic E-state index is 0. The predicted molar refractivity (Wildman–Crippen MR) is 77.2 cm³/mol. The maximum Gasteiger partial charge on any atom is 0.244 e. The van der Waals surface area contributed by atoms with Crippen molar-refractivity contribution in [1.29, 1.82) is 0 Å². The molecule has 0 aliphatic carbocycles. The first-order valence-corrected chi connectivity index (χ1v) is 6.34. The molecule has 1 saturated heterocycles. The van der Waals surface area contributed by atoms with E-state index in [0.717, 1.165) is 5.56 Å². The maximum atomic E-state index is 12.4. The molecule has 0 aromatic heterocycles. The number of carbonyl (C=O) groups is 1. The first-order valence-electron chi connectivity index (χ1n) is 6.34. The molecule has 3 unspecified atom stereocenters. The van der Waals surface area contributed by atoms with Crippen molar-refractivity contribution in [3.63, 3.8) is 0 Å². The van der Waals surface area contributed by atoms with E-state index < -0.39 is 6.04 Å². The van der Waals surface area contributed by atoms with Crippen LogP contribution in [0.3, 0.4) is 0 Å². The van der Waals surface area contributed by atoms with Crippen molar-refractivity contribution in [2.45, 2.75) is 32.0 Å². The van der Waals surface area contributed by atoms with E-state index in [1.807, 2.05) is 49.1 Å². The molecule has 3 atom stereocenters. The Labute approximate surface area is 120 Å². The van der Waals surface area contributed by atoms with Gasteiger partial charge < -0.3 is 15.4 Å². The molecule has 0 spiro atoms. The van der Waals surface area contributed by atoms with Gasteiger partial charge in [0, 0.05) is 6.54 Å². The van der Waals surface area contributed by atoms with Gasteiger partial charge in [-0.25, -0.2) is 0 Å². The van der Waals surface area contributed by atoms with Gasteiger partial charge in [-0.2, -0.15) is 0 Å². The SMILES string of the molecule is CC1OCCN(C(=O)C(N)c2ccccc2)C1C.Cl. The highest BCUT2D eigenvalue weighted by molar-refractivity contribution is 5.85. The largest absolute Gasteiger partial charge is 0.375 e. The summed E-state index contributed by atoms with van der Waals surface area (Å²) in [5.74, 6) is -0.0242. The van der Waals surface area contributed by atoms with Gasteiger partial charge in [-0.05, 0) is 19.4 Å². The van der Waals surface area contributed by atoms with E-state index in [2.05, 4.69) is 0 Å². The van der Waals surface area contributed by atoms with Gasteiger partial charge >= 0.3 is 0 Å². The summed E-state index contributed by atoms with van der Waals surface area (Å²) in [5.41, 5.74) is 6.90. The van der Waals surface area contributed by atoms with E-state index in [1.54, 1.807) is 0 Å². The van der Waals surface area contributed by atoms with Crippen LogP contribution in [0.15, 0.2) is 30.3 Å². The number of ether oxygens (including phenoxy) is 1. The summed E-state index contributed by atoms with van der Waals surface area (Å²) in [6.45, 7) is 5.18. The van der Waals surface area contributed by atoms with Crippen LogP contribution in [0.2, 0.25) is 0 Å². The zero-order chi connectivity index (χ0) is 13.1. The first-order chi connectivity index (χ1) is 8.61. The molecule has 1 aromatic rings. The van der Waals surface area contributed by atoms with Crippen molar-refractivity contribution < 1.29 is 9.53 Å². The average Bonchev–Trinajstić information content (AvgIpc) is 2.41. The second-order valence-corrected chi connectivity index (χ2v) is 4.74. The number of nitrogens with two attached hydrogens (primary N) is 1. The van der Waals surface area contributed by atoms with Gasteiger partial charge in [-0.1, -0.05) is 30.3 Å². The summed E-state index contributed by atoms with van der Waals surface area (Å²) in [4.78, 5) is 14.2. The Morgan fingerprint density at radius 2 is 2.00 bits per heavy atom. The van der Waals surface area contributed by atoms with Crippen molar-refractivity contribution in [1.82, 2.24) is 4.90 Å². The highest BCUT2D eigenvalue weighted by atomic mass is 35.5. The van der Waals surface area contributed by atoms with Gasteiger partial charge in [0.05, 0.1) is 18.8 Å². The van der Waals surface area contributed by atoms with E-state index in [4.69, 9.17) is 10.5 Å². The monoisotopic (exact) mass is 284 g/mol. The van der Waals surface area contributed by atoms with Crippen LogP contribution in [0.4, 0.5) is 0 Å². The minimum Gasteiger partial charge on any atom is -0.375 e. The molecule has 1 amide bonds. The molecule has 106 valence electrons. The van der Waals surface area contributed by atoms with Crippen LogP contribution in [0.25, 0.3) is 0 Å². The molecular weight excluding hydrogens is 264 g/mol. The number of benzene rings is 1. The number of hydrogen-bond donors (Lipinski definition) is 1. The molecule has 1 heterocycles. The summed E-state index contributed by atoms with van der Waals surface area (Å²) in [6, 6.07) is 8.97. The summed E-state index contributed by atoms with van der Waals surface area (Å²) in [6.07, 6.45) is 0.0608. The molecule has 1 aliphatic heterocycles. The van der Waals surface area contributed by atoms with Crippen LogP contribution < -0.4 is 5.73 Å². The van der Waals surface area contributed by atoms with E-state index in [0.29, 0.717) is 13.2 Å². The van der Waals surface area contributed by atoms with Crippen molar-refractivity contribution in [2.24, 2.45) is 5.73 Å². The molecule has 1 aliphatic rings. The zero-order valence-electron chi connectivity index (χ0n) is 11.3. The third-order valence-electron chi connectivity index (χ3n) is 3.59. The third-order valence-corrected chi connectivity index (χ3v) is 3.59. The van der Waals surface area contributed by atoms with Gasteiger partial charge in [0.1, 0.15) is 6.04 Å². The van der Waals surface area contributed by atoms with Crippen molar-refractivity contribution >= 4 is 18.3 Å². The Morgan fingerprint density at radius 3 is 2.63 bits per heavy atom.